The zero-order valence-electron chi connectivity index (χ0n) is 12.7. The third kappa shape index (κ3) is 3.55. The molecule has 0 aliphatic carbocycles. The third-order valence-electron chi connectivity index (χ3n) is 3.96. The molecule has 1 aliphatic heterocycles. The van der Waals surface area contributed by atoms with Gasteiger partial charge < -0.3 is 4.90 Å². The summed E-state index contributed by atoms with van der Waals surface area (Å²) in [7, 11) is -0.754. The standard InChI is InChI=1S/C16H20N2O2S2/c1-12-11-22(20)10-9-18(12)16(19)8-4-7-15-17-13-5-2-3-6-14(13)21-15/h2-3,5-6,12H,4,7-11H2,1H3/t12-,22+/m1/s1. The molecule has 1 fully saturated rings. The van der Waals surface area contributed by atoms with Crippen LogP contribution in [0.1, 0.15) is 24.8 Å². The molecule has 0 unspecified atom stereocenters. The number of rotatable bonds is 4. The molecule has 6 heteroatoms. The van der Waals surface area contributed by atoms with Gasteiger partial charge in [-0.3, -0.25) is 9.00 Å². The second-order valence-corrected chi connectivity index (χ2v) is 8.41. The van der Waals surface area contributed by atoms with Crippen molar-refractivity contribution in [3.63, 3.8) is 0 Å². The Bertz CT molecular complexity index is 665. The van der Waals surface area contributed by atoms with Gasteiger partial charge in [-0.15, -0.1) is 11.3 Å². The molecule has 118 valence electrons. The van der Waals surface area contributed by atoms with E-state index in [2.05, 4.69) is 11.1 Å². The minimum absolute atomic E-state index is 0.101. The Labute approximate surface area is 137 Å². The Morgan fingerprint density at radius 3 is 3.05 bits per heavy atom. The molecular formula is C16H20N2O2S2. The van der Waals surface area contributed by atoms with Gasteiger partial charge in [0.05, 0.1) is 15.2 Å². The Morgan fingerprint density at radius 2 is 2.27 bits per heavy atom. The van der Waals surface area contributed by atoms with Crippen LogP contribution in [0.2, 0.25) is 0 Å². The maximum absolute atomic E-state index is 12.3. The summed E-state index contributed by atoms with van der Waals surface area (Å²) in [6.45, 7) is 2.62. The lowest BCUT2D eigenvalue weighted by atomic mass is 10.2. The van der Waals surface area contributed by atoms with Crippen LogP contribution < -0.4 is 0 Å². The summed E-state index contributed by atoms with van der Waals surface area (Å²) in [5.41, 5.74) is 1.04. The van der Waals surface area contributed by atoms with Crippen LogP contribution in [0.4, 0.5) is 0 Å². The zero-order chi connectivity index (χ0) is 15.5. The van der Waals surface area contributed by atoms with Crippen LogP contribution in [-0.2, 0) is 22.0 Å². The number of aryl methyl sites for hydroxylation is 1. The van der Waals surface area contributed by atoms with Crippen molar-refractivity contribution in [3.05, 3.63) is 29.3 Å². The molecule has 4 nitrogen and oxygen atoms in total. The topological polar surface area (TPSA) is 50.3 Å². The van der Waals surface area contributed by atoms with E-state index in [9.17, 15) is 9.00 Å². The van der Waals surface area contributed by atoms with Crippen LogP contribution in [0.25, 0.3) is 10.2 Å². The second kappa shape index (κ2) is 6.87. The summed E-state index contributed by atoms with van der Waals surface area (Å²) in [6, 6.07) is 8.23. The summed E-state index contributed by atoms with van der Waals surface area (Å²) in [4.78, 5) is 18.8. The van der Waals surface area contributed by atoms with Gasteiger partial charge in [-0.05, 0) is 31.9 Å². The molecule has 1 amide bonds. The number of thiazole rings is 1. The number of nitrogens with zero attached hydrogens (tertiary/aromatic N) is 2. The molecule has 1 saturated heterocycles. The first-order chi connectivity index (χ1) is 10.6. The third-order valence-corrected chi connectivity index (χ3v) is 6.55. The van der Waals surface area contributed by atoms with E-state index in [0.717, 1.165) is 23.4 Å². The van der Waals surface area contributed by atoms with E-state index in [1.54, 1.807) is 11.3 Å². The SMILES string of the molecule is C[C@@H]1C[S@@](=O)CCN1C(=O)CCCc1nc2ccccc2s1. The summed E-state index contributed by atoms with van der Waals surface area (Å²) >= 11 is 1.71. The Balaban J connectivity index is 1.52. The normalized spacial score (nSPS) is 22.1. The van der Waals surface area contributed by atoms with Crippen LogP contribution in [0.15, 0.2) is 24.3 Å². The first-order valence-electron chi connectivity index (χ1n) is 7.62. The molecule has 1 aromatic carbocycles. The first kappa shape index (κ1) is 15.6. The Kier molecular flexibility index (Phi) is 4.88. The van der Waals surface area contributed by atoms with Crippen molar-refractivity contribution in [1.82, 2.24) is 9.88 Å². The fraction of sp³-hybridized carbons (Fsp3) is 0.500. The highest BCUT2D eigenvalue weighted by molar-refractivity contribution is 7.85. The van der Waals surface area contributed by atoms with Crippen molar-refractivity contribution in [1.29, 1.82) is 0 Å². The number of para-hydroxylation sites is 1. The molecule has 0 spiro atoms. The number of carbonyl (C=O) groups excluding carboxylic acids is 1. The van der Waals surface area contributed by atoms with Crippen molar-refractivity contribution in [3.8, 4) is 0 Å². The maximum Gasteiger partial charge on any atom is 0.222 e. The summed E-state index contributed by atoms with van der Waals surface area (Å²) in [5, 5.41) is 1.10. The fourth-order valence-corrected chi connectivity index (χ4v) is 5.09. The average Bonchev–Trinajstić information content (AvgIpc) is 2.89. The number of amides is 1. The summed E-state index contributed by atoms with van der Waals surface area (Å²) in [6.07, 6.45) is 2.22. The molecule has 22 heavy (non-hydrogen) atoms. The van der Waals surface area contributed by atoms with Gasteiger partial charge in [-0.25, -0.2) is 4.98 Å². The molecule has 1 aromatic heterocycles. The lowest BCUT2D eigenvalue weighted by Crippen LogP contribution is -2.48. The number of carbonyl (C=O) groups is 1. The maximum atomic E-state index is 12.3. The highest BCUT2D eigenvalue weighted by Gasteiger charge is 2.26. The van der Waals surface area contributed by atoms with Gasteiger partial charge in [0.15, 0.2) is 0 Å². The number of fused-ring (bicyclic) bond motifs is 1. The van der Waals surface area contributed by atoms with Crippen molar-refractivity contribution in [2.75, 3.05) is 18.1 Å². The predicted molar refractivity (Wildman–Crippen MR) is 91.6 cm³/mol. The van der Waals surface area contributed by atoms with E-state index in [4.69, 9.17) is 0 Å². The molecule has 0 radical (unpaired) electrons. The van der Waals surface area contributed by atoms with Crippen molar-refractivity contribution < 1.29 is 9.00 Å². The quantitative estimate of drug-likeness (QED) is 0.862. The average molecular weight is 336 g/mol. The molecule has 2 heterocycles. The monoisotopic (exact) mass is 336 g/mol. The first-order valence-corrected chi connectivity index (χ1v) is 9.93. The molecule has 0 N–H and O–H groups in total. The van der Waals surface area contributed by atoms with Gasteiger partial charge in [0.1, 0.15) is 0 Å². The van der Waals surface area contributed by atoms with Crippen molar-refractivity contribution in [2.45, 2.75) is 32.2 Å². The largest absolute Gasteiger partial charge is 0.338 e. The Morgan fingerprint density at radius 1 is 1.45 bits per heavy atom. The van der Waals surface area contributed by atoms with E-state index >= 15 is 0 Å². The molecule has 2 atom stereocenters. The Hall–Kier alpha value is -1.27. The lowest BCUT2D eigenvalue weighted by Gasteiger charge is -2.33. The summed E-state index contributed by atoms with van der Waals surface area (Å²) < 4.78 is 12.7. The molecule has 3 rings (SSSR count). The number of aromatic nitrogens is 1. The molecule has 2 aromatic rings. The second-order valence-electron chi connectivity index (χ2n) is 5.68. The van der Waals surface area contributed by atoms with E-state index < -0.39 is 10.8 Å². The smallest absolute Gasteiger partial charge is 0.222 e. The summed E-state index contributed by atoms with van der Waals surface area (Å²) in [5.74, 6) is 1.42. The van der Waals surface area contributed by atoms with Crippen LogP contribution in [0.3, 0.4) is 0 Å². The van der Waals surface area contributed by atoms with Gasteiger partial charge in [0, 0.05) is 41.3 Å². The van der Waals surface area contributed by atoms with Crippen LogP contribution in [0.5, 0.6) is 0 Å². The van der Waals surface area contributed by atoms with Gasteiger partial charge in [-0.2, -0.15) is 0 Å². The van der Waals surface area contributed by atoms with E-state index in [-0.39, 0.29) is 11.9 Å². The van der Waals surface area contributed by atoms with Gasteiger partial charge in [-0.1, -0.05) is 12.1 Å². The minimum Gasteiger partial charge on any atom is -0.338 e. The highest BCUT2D eigenvalue weighted by Crippen LogP contribution is 2.23. The highest BCUT2D eigenvalue weighted by atomic mass is 32.2. The molecule has 1 aliphatic rings. The van der Waals surface area contributed by atoms with E-state index in [0.29, 0.717) is 24.5 Å². The van der Waals surface area contributed by atoms with E-state index in [1.165, 1.54) is 4.70 Å². The van der Waals surface area contributed by atoms with Gasteiger partial charge in [0.2, 0.25) is 5.91 Å². The number of hydrogen-bond acceptors (Lipinski definition) is 4. The lowest BCUT2D eigenvalue weighted by molar-refractivity contribution is -0.132. The van der Waals surface area contributed by atoms with Crippen LogP contribution >= 0.6 is 11.3 Å². The molecule has 0 bridgehead atoms. The van der Waals surface area contributed by atoms with Crippen LogP contribution in [0, 0.1) is 0 Å². The number of benzene rings is 1. The fourth-order valence-electron chi connectivity index (χ4n) is 2.79. The zero-order valence-corrected chi connectivity index (χ0v) is 14.3. The van der Waals surface area contributed by atoms with Gasteiger partial charge >= 0.3 is 0 Å². The van der Waals surface area contributed by atoms with Crippen LogP contribution in [-0.4, -0.2) is 44.1 Å². The molecular weight excluding hydrogens is 316 g/mol. The minimum atomic E-state index is -0.754. The van der Waals surface area contributed by atoms with Gasteiger partial charge in [0.25, 0.3) is 0 Å². The van der Waals surface area contributed by atoms with E-state index in [1.807, 2.05) is 30.0 Å². The molecule has 0 saturated carbocycles. The predicted octanol–water partition coefficient (Wildman–Crippen LogP) is 2.60. The number of hydrogen-bond donors (Lipinski definition) is 0. The van der Waals surface area contributed by atoms with Crippen molar-refractivity contribution in [2.24, 2.45) is 0 Å². The van der Waals surface area contributed by atoms with Crippen molar-refractivity contribution >= 4 is 38.3 Å².